The van der Waals surface area contributed by atoms with Gasteiger partial charge >= 0.3 is 13.6 Å². The van der Waals surface area contributed by atoms with Crippen LogP contribution in [0.5, 0.6) is 0 Å². The molecule has 0 fully saturated rings. The van der Waals surface area contributed by atoms with E-state index in [0.29, 0.717) is 16.7 Å². The van der Waals surface area contributed by atoms with Gasteiger partial charge in [-0.25, -0.2) is 4.79 Å². The van der Waals surface area contributed by atoms with Gasteiger partial charge in [-0.2, -0.15) is 0 Å². The number of hydrogen-bond acceptors (Lipinski definition) is 8. The number of ether oxygens (including phenoxy) is 1. The molecular formula is C28H33N2O7PS. The molecule has 2 amide bonds. The van der Waals surface area contributed by atoms with E-state index in [0.717, 1.165) is 16.0 Å². The molecule has 0 aliphatic rings. The number of nitrogens with one attached hydrogen (secondary N) is 2. The lowest BCUT2D eigenvalue weighted by Gasteiger charge is -2.17. The number of benzene rings is 2. The van der Waals surface area contributed by atoms with E-state index in [2.05, 4.69) is 10.6 Å². The predicted octanol–water partition coefficient (Wildman–Crippen LogP) is 5.17. The van der Waals surface area contributed by atoms with Crippen LogP contribution < -0.4 is 15.9 Å². The van der Waals surface area contributed by atoms with Crippen molar-refractivity contribution in [1.29, 1.82) is 0 Å². The molecule has 0 aliphatic carbocycles. The molecular weight excluding hydrogens is 539 g/mol. The largest absolute Gasteiger partial charge is 0.462 e. The Hall–Kier alpha value is -3.30. The van der Waals surface area contributed by atoms with Crippen molar-refractivity contribution >= 4 is 47.0 Å². The second-order valence-electron chi connectivity index (χ2n) is 8.27. The fraction of sp³-hybridized carbons (Fsp3) is 0.321. The number of carbonyl (C=O) groups excluding carboxylic acids is 3. The van der Waals surface area contributed by atoms with Gasteiger partial charge in [0.25, 0.3) is 0 Å². The van der Waals surface area contributed by atoms with Crippen LogP contribution in [-0.2, 0) is 34.4 Å². The molecule has 0 aliphatic heterocycles. The van der Waals surface area contributed by atoms with E-state index >= 15 is 0 Å². The van der Waals surface area contributed by atoms with Crippen molar-refractivity contribution < 1.29 is 32.7 Å². The fourth-order valence-corrected chi connectivity index (χ4v) is 6.41. The molecule has 39 heavy (non-hydrogen) atoms. The molecule has 2 N–H and O–H groups in total. The summed E-state index contributed by atoms with van der Waals surface area (Å²) in [5.41, 5.74) is 1.96. The first kappa shape index (κ1) is 30.2. The minimum atomic E-state index is -3.42. The number of amides is 2. The molecule has 0 spiro atoms. The van der Waals surface area contributed by atoms with Crippen LogP contribution in [0.1, 0.15) is 43.1 Å². The minimum Gasteiger partial charge on any atom is -0.462 e. The molecule has 9 nitrogen and oxygen atoms in total. The Morgan fingerprint density at radius 1 is 0.872 bits per heavy atom. The summed E-state index contributed by atoms with van der Waals surface area (Å²) in [4.78, 5) is 38.3. The van der Waals surface area contributed by atoms with Gasteiger partial charge in [0.2, 0.25) is 11.8 Å². The van der Waals surface area contributed by atoms with Crippen LogP contribution in [0.15, 0.2) is 60.7 Å². The van der Waals surface area contributed by atoms with Gasteiger partial charge < -0.3 is 24.4 Å². The highest BCUT2D eigenvalue weighted by Gasteiger charge is 2.26. The fourth-order valence-electron chi connectivity index (χ4n) is 3.69. The monoisotopic (exact) mass is 572 g/mol. The number of anilines is 1. The Kier molecular flexibility index (Phi) is 11.4. The Labute approximate surface area is 232 Å². The smallest absolute Gasteiger partial charge is 0.361 e. The van der Waals surface area contributed by atoms with Crippen molar-refractivity contribution in [3.8, 4) is 10.4 Å². The van der Waals surface area contributed by atoms with Crippen molar-refractivity contribution in [2.45, 2.75) is 33.6 Å². The molecule has 0 atom stereocenters. The van der Waals surface area contributed by atoms with Gasteiger partial charge in [0.1, 0.15) is 5.00 Å². The van der Waals surface area contributed by atoms with Gasteiger partial charge in [-0.15, -0.1) is 11.3 Å². The number of esters is 1. The van der Waals surface area contributed by atoms with Crippen LogP contribution >= 0.6 is 18.9 Å². The Morgan fingerprint density at radius 3 is 2.26 bits per heavy atom. The van der Waals surface area contributed by atoms with Crippen molar-refractivity contribution in [3.63, 3.8) is 0 Å². The maximum absolute atomic E-state index is 13.0. The Morgan fingerprint density at radius 2 is 1.59 bits per heavy atom. The average molecular weight is 573 g/mol. The molecule has 0 bridgehead atoms. The lowest BCUT2D eigenvalue weighted by atomic mass is 10.1. The highest BCUT2D eigenvalue weighted by molar-refractivity contribution is 7.62. The van der Waals surface area contributed by atoms with Gasteiger partial charge in [-0.05, 0) is 56.5 Å². The molecule has 0 saturated heterocycles. The number of aryl methyl sites for hydroxylation is 1. The molecule has 0 saturated carbocycles. The summed E-state index contributed by atoms with van der Waals surface area (Å²) >= 11 is 1.26. The summed E-state index contributed by atoms with van der Waals surface area (Å²) in [6.07, 6.45) is 0.493. The second-order valence-corrected chi connectivity index (χ2v) is 11.3. The standard InChI is InChI=1S/C28H33N2O7PS/c1-4-35-28(33)23-18-24(21-12-8-7-9-13-21)39-27(23)30-26(32)19-29-25(31)16-15-20-11-10-14-22(17-20)38(34,36-5-2)37-6-3/h7-14,17-18H,4-6,15-16,19H2,1-3H3,(H,29,31)(H,30,32). The van der Waals surface area contributed by atoms with Crippen LogP contribution in [0.3, 0.4) is 0 Å². The second kappa shape index (κ2) is 14.7. The number of hydrogen-bond donors (Lipinski definition) is 2. The first-order chi connectivity index (χ1) is 18.8. The number of thiophene rings is 1. The Bertz CT molecular complexity index is 1320. The molecule has 0 radical (unpaired) electrons. The zero-order valence-corrected chi connectivity index (χ0v) is 23.9. The summed E-state index contributed by atoms with van der Waals surface area (Å²) in [7, 11) is -3.42. The van der Waals surface area contributed by atoms with Gasteiger partial charge in [0, 0.05) is 11.3 Å². The molecule has 208 valence electrons. The van der Waals surface area contributed by atoms with Crippen molar-refractivity contribution in [2.24, 2.45) is 0 Å². The molecule has 0 unspecified atom stereocenters. The van der Waals surface area contributed by atoms with Gasteiger partial charge in [0.05, 0.1) is 37.2 Å². The highest BCUT2D eigenvalue weighted by Crippen LogP contribution is 2.46. The van der Waals surface area contributed by atoms with Crippen LogP contribution in [0.4, 0.5) is 5.00 Å². The van der Waals surface area contributed by atoms with Crippen LogP contribution in [0.2, 0.25) is 0 Å². The van der Waals surface area contributed by atoms with E-state index in [4.69, 9.17) is 13.8 Å². The first-order valence-electron chi connectivity index (χ1n) is 12.7. The third-order valence-electron chi connectivity index (χ3n) is 5.45. The van der Waals surface area contributed by atoms with E-state index in [1.54, 1.807) is 45.0 Å². The van der Waals surface area contributed by atoms with Crippen LogP contribution in [-0.4, -0.2) is 44.1 Å². The third-order valence-corrected chi connectivity index (χ3v) is 8.66. The first-order valence-corrected chi connectivity index (χ1v) is 15.1. The average Bonchev–Trinajstić information content (AvgIpc) is 3.35. The molecule has 2 aromatic carbocycles. The normalized spacial score (nSPS) is 11.2. The van der Waals surface area contributed by atoms with Crippen molar-refractivity contribution in [3.05, 3.63) is 71.8 Å². The third kappa shape index (κ3) is 8.60. The summed E-state index contributed by atoms with van der Waals surface area (Å²) in [6, 6.07) is 18.1. The zero-order chi connectivity index (χ0) is 28.3. The van der Waals surface area contributed by atoms with Gasteiger partial charge in [0.15, 0.2) is 0 Å². The van der Waals surface area contributed by atoms with E-state index < -0.39 is 19.5 Å². The summed E-state index contributed by atoms with van der Waals surface area (Å²) < 4.78 is 29.0. The Balaban J connectivity index is 1.58. The number of carbonyl (C=O) groups is 3. The quantitative estimate of drug-likeness (QED) is 0.202. The van der Waals surface area contributed by atoms with Crippen molar-refractivity contribution in [2.75, 3.05) is 31.7 Å². The van der Waals surface area contributed by atoms with Gasteiger partial charge in [-0.3, -0.25) is 14.2 Å². The summed E-state index contributed by atoms with van der Waals surface area (Å²) in [6.45, 7) is 5.63. The molecule has 3 rings (SSSR count). The van der Waals surface area contributed by atoms with E-state index in [9.17, 15) is 18.9 Å². The van der Waals surface area contributed by atoms with Crippen molar-refractivity contribution in [1.82, 2.24) is 5.32 Å². The molecule has 3 aromatic rings. The lowest BCUT2D eigenvalue weighted by Crippen LogP contribution is -2.33. The maximum Gasteiger partial charge on any atom is 0.361 e. The molecule has 1 heterocycles. The summed E-state index contributed by atoms with van der Waals surface area (Å²) in [5, 5.41) is 6.12. The number of rotatable bonds is 14. The highest BCUT2D eigenvalue weighted by atomic mass is 32.1. The lowest BCUT2D eigenvalue weighted by molar-refractivity contribution is -0.124. The zero-order valence-electron chi connectivity index (χ0n) is 22.2. The summed E-state index contributed by atoms with van der Waals surface area (Å²) in [5.74, 6) is -1.32. The minimum absolute atomic E-state index is 0.121. The van der Waals surface area contributed by atoms with E-state index in [1.165, 1.54) is 11.3 Å². The van der Waals surface area contributed by atoms with Crippen LogP contribution in [0, 0.1) is 0 Å². The topological polar surface area (TPSA) is 120 Å². The molecule has 11 heteroatoms. The van der Waals surface area contributed by atoms with Crippen LogP contribution in [0.25, 0.3) is 10.4 Å². The maximum atomic E-state index is 13.0. The molecule has 1 aromatic heterocycles. The van der Waals surface area contributed by atoms with Gasteiger partial charge in [-0.1, -0.05) is 42.5 Å². The predicted molar refractivity (Wildman–Crippen MR) is 153 cm³/mol. The van der Waals surface area contributed by atoms with E-state index in [-0.39, 0.29) is 44.3 Å². The van der Waals surface area contributed by atoms with E-state index in [1.807, 2.05) is 36.4 Å². The SMILES string of the molecule is CCOC(=O)c1cc(-c2ccccc2)sc1NC(=O)CNC(=O)CCc1cccc(P(=O)(OCC)OCC)c1.